The molecular weight excluding hydrogens is 353 g/mol. The fraction of sp³-hybridized carbons (Fsp3) is 0.0500. The van der Waals surface area contributed by atoms with Crippen molar-refractivity contribution in [3.8, 4) is 22.6 Å². The highest BCUT2D eigenvalue weighted by atomic mass is 19.1. The normalized spacial score (nSPS) is 11.0. The molecule has 2 aromatic carbocycles. The van der Waals surface area contributed by atoms with Crippen LogP contribution in [-0.2, 0) is 0 Å². The number of nitrogens with one attached hydrogen (secondary N) is 1. The number of hydrogen-bond donors (Lipinski definition) is 1. The van der Waals surface area contributed by atoms with Crippen LogP contribution in [0.1, 0.15) is 0 Å². The predicted molar refractivity (Wildman–Crippen MR) is 97.6 cm³/mol. The molecule has 0 atom stereocenters. The van der Waals surface area contributed by atoms with E-state index in [9.17, 15) is 8.78 Å². The fourth-order valence-electron chi connectivity index (χ4n) is 2.91. The predicted octanol–water partition coefficient (Wildman–Crippen LogP) is 4.82. The quantitative estimate of drug-likeness (QED) is 0.565. The van der Waals surface area contributed by atoms with Crippen LogP contribution in [0.15, 0.2) is 54.7 Å². The molecule has 0 aliphatic carbocycles. The van der Waals surface area contributed by atoms with Crippen molar-refractivity contribution in [2.24, 2.45) is 0 Å². The van der Waals surface area contributed by atoms with E-state index in [-0.39, 0.29) is 22.3 Å². The summed E-state index contributed by atoms with van der Waals surface area (Å²) in [6.07, 6.45) is 1.62. The van der Waals surface area contributed by atoms with Crippen molar-refractivity contribution in [1.29, 1.82) is 0 Å². The largest absolute Gasteiger partial charge is 0.372 e. The summed E-state index contributed by atoms with van der Waals surface area (Å²) in [5.74, 6) is -1.61. The summed E-state index contributed by atoms with van der Waals surface area (Å²) in [4.78, 5) is 12.9. The zero-order valence-electron chi connectivity index (χ0n) is 14.2. The molecule has 0 saturated heterocycles. The molecule has 7 heteroatoms. The lowest BCUT2D eigenvalue weighted by atomic mass is 10.0. The topological polar surface area (TPSA) is 50.7 Å². The Bertz CT molecular complexity index is 1130. The number of hydrogen-bond acceptors (Lipinski definition) is 4. The number of anilines is 1. The Morgan fingerprint density at radius 3 is 2.33 bits per heavy atom. The Kier molecular flexibility index (Phi) is 4.19. The maximum atomic E-state index is 15.2. The maximum absolute atomic E-state index is 15.2. The molecular formula is C20H13F3N4. The second kappa shape index (κ2) is 6.68. The lowest BCUT2D eigenvalue weighted by Crippen LogP contribution is -2.02. The summed E-state index contributed by atoms with van der Waals surface area (Å²) in [5, 5.41) is 2.99. The van der Waals surface area contributed by atoms with Crippen molar-refractivity contribution in [3.05, 3.63) is 72.2 Å². The van der Waals surface area contributed by atoms with Crippen LogP contribution in [-0.4, -0.2) is 22.0 Å². The standard InChI is InChI=1S/C20H13F3N4/c1-24-20-17-15(26-19(27-20)16-4-2-3-7-25-16)6-5-14(18(17)23)11-8-12(21)10-13(22)9-11/h2-10H,1H3,(H,24,26,27). The van der Waals surface area contributed by atoms with Crippen molar-refractivity contribution in [2.45, 2.75) is 0 Å². The van der Waals surface area contributed by atoms with Crippen molar-refractivity contribution < 1.29 is 13.2 Å². The molecule has 0 fully saturated rings. The first kappa shape index (κ1) is 17.0. The first-order valence-corrected chi connectivity index (χ1v) is 8.12. The lowest BCUT2D eigenvalue weighted by molar-refractivity contribution is 0.583. The number of halogens is 3. The smallest absolute Gasteiger partial charge is 0.180 e. The van der Waals surface area contributed by atoms with Crippen LogP contribution in [0.25, 0.3) is 33.5 Å². The SMILES string of the molecule is CNc1nc(-c2ccccn2)nc2ccc(-c3cc(F)cc(F)c3)c(F)c12. The highest BCUT2D eigenvalue weighted by Gasteiger charge is 2.17. The Morgan fingerprint density at radius 2 is 1.67 bits per heavy atom. The summed E-state index contributed by atoms with van der Waals surface area (Å²) >= 11 is 0. The van der Waals surface area contributed by atoms with Gasteiger partial charge in [-0.2, -0.15) is 0 Å². The van der Waals surface area contributed by atoms with E-state index in [1.807, 2.05) is 0 Å². The van der Waals surface area contributed by atoms with Gasteiger partial charge in [-0.05, 0) is 42.0 Å². The third-order valence-electron chi connectivity index (χ3n) is 4.11. The zero-order valence-corrected chi connectivity index (χ0v) is 14.2. The molecule has 0 spiro atoms. The number of benzene rings is 2. The first-order valence-electron chi connectivity index (χ1n) is 8.12. The molecule has 0 unspecified atom stereocenters. The molecule has 0 saturated carbocycles. The van der Waals surface area contributed by atoms with Crippen LogP contribution in [0.2, 0.25) is 0 Å². The summed E-state index contributed by atoms with van der Waals surface area (Å²) in [5.41, 5.74) is 1.06. The van der Waals surface area contributed by atoms with Gasteiger partial charge in [-0.3, -0.25) is 4.98 Å². The van der Waals surface area contributed by atoms with Gasteiger partial charge < -0.3 is 5.32 Å². The molecule has 134 valence electrons. The van der Waals surface area contributed by atoms with Gasteiger partial charge >= 0.3 is 0 Å². The third-order valence-corrected chi connectivity index (χ3v) is 4.11. The van der Waals surface area contributed by atoms with Crippen molar-refractivity contribution in [3.63, 3.8) is 0 Å². The van der Waals surface area contributed by atoms with E-state index in [4.69, 9.17) is 0 Å². The summed E-state index contributed by atoms with van der Waals surface area (Å²) < 4.78 is 42.3. The minimum absolute atomic E-state index is 0.0617. The molecule has 2 aromatic heterocycles. The number of nitrogens with zero attached hydrogens (tertiary/aromatic N) is 3. The third kappa shape index (κ3) is 3.08. The molecule has 1 N–H and O–H groups in total. The average Bonchev–Trinajstić information content (AvgIpc) is 2.67. The van der Waals surface area contributed by atoms with E-state index in [1.54, 1.807) is 37.5 Å². The highest BCUT2D eigenvalue weighted by Crippen LogP contribution is 2.33. The van der Waals surface area contributed by atoms with Gasteiger partial charge in [-0.1, -0.05) is 6.07 Å². The van der Waals surface area contributed by atoms with E-state index < -0.39 is 17.5 Å². The summed E-state index contributed by atoms with van der Waals surface area (Å²) in [6.45, 7) is 0. The Labute approximate surface area is 152 Å². The van der Waals surface area contributed by atoms with E-state index in [1.165, 1.54) is 6.07 Å². The first-order chi connectivity index (χ1) is 13.1. The van der Waals surface area contributed by atoms with Crippen molar-refractivity contribution in [2.75, 3.05) is 12.4 Å². The van der Waals surface area contributed by atoms with Gasteiger partial charge in [0.15, 0.2) is 5.82 Å². The van der Waals surface area contributed by atoms with Crippen LogP contribution in [0.4, 0.5) is 19.0 Å². The van der Waals surface area contributed by atoms with E-state index in [0.29, 0.717) is 17.0 Å². The fourth-order valence-corrected chi connectivity index (χ4v) is 2.91. The molecule has 4 nitrogen and oxygen atoms in total. The van der Waals surface area contributed by atoms with Crippen LogP contribution < -0.4 is 5.32 Å². The second-order valence-electron chi connectivity index (χ2n) is 5.84. The van der Waals surface area contributed by atoms with Crippen LogP contribution >= 0.6 is 0 Å². The Morgan fingerprint density at radius 1 is 0.889 bits per heavy atom. The van der Waals surface area contributed by atoms with Crippen LogP contribution in [0.3, 0.4) is 0 Å². The minimum atomic E-state index is -0.778. The van der Waals surface area contributed by atoms with Gasteiger partial charge in [0.2, 0.25) is 0 Å². The van der Waals surface area contributed by atoms with Crippen LogP contribution in [0, 0.1) is 17.5 Å². The van der Waals surface area contributed by atoms with Gasteiger partial charge in [0.25, 0.3) is 0 Å². The average molecular weight is 366 g/mol. The molecule has 2 heterocycles. The molecule has 4 aromatic rings. The molecule has 27 heavy (non-hydrogen) atoms. The maximum Gasteiger partial charge on any atom is 0.180 e. The van der Waals surface area contributed by atoms with Gasteiger partial charge in [0.05, 0.1) is 10.9 Å². The molecule has 0 amide bonds. The molecule has 0 radical (unpaired) electrons. The number of fused-ring (bicyclic) bond motifs is 1. The van der Waals surface area contributed by atoms with Gasteiger partial charge in [-0.25, -0.2) is 23.1 Å². The highest BCUT2D eigenvalue weighted by molar-refractivity contribution is 5.94. The Balaban J connectivity index is 1.95. The van der Waals surface area contributed by atoms with E-state index >= 15 is 4.39 Å². The molecule has 0 bridgehead atoms. The lowest BCUT2D eigenvalue weighted by Gasteiger charge is -2.12. The minimum Gasteiger partial charge on any atom is -0.372 e. The van der Waals surface area contributed by atoms with Crippen LogP contribution in [0.5, 0.6) is 0 Å². The van der Waals surface area contributed by atoms with E-state index in [2.05, 4.69) is 20.3 Å². The number of aromatic nitrogens is 3. The van der Waals surface area contributed by atoms with Gasteiger partial charge in [0, 0.05) is 24.9 Å². The van der Waals surface area contributed by atoms with Crippen molar-refractivity contribution in [1.82, 2.24) is 15.0 Å². The molecule has 0 aliphatic heterocycles. The molecule has 0 aliphatic rings. The molecule has 4 rings (SSSR count). The number of rotatable bonds is 3. The van der Waals surface area contributed by atoms with Gasteiger partial charge in [-0.15, -0.1) is 0 Å². The van der Waals surface area contributed by atoms with Gasteiger partial charge in [0.1, 0.15) is 29.0 Å². The second-order valence-corrected chi connectivity index (χ2v) is 5.84. The summed E-state index contributed by atoms with van der Waals surface area (Å²) in [7, 11) is 1.61. The monoisotopic (exact) mass is 366 g/mol. The number of pyridine rings is 1. The zero-order chi connectivity index (χ0) is 19.0. The van der Waals surface area contributed by atoms with Crippen molar-refractivity contribution >= 4 is 16.7 Å². The van der Waals surface area contributed by atoms with E-state index in [0.717, 1.165) is 18.2 Å². The summed E-state index contributed by atoms with van der Waals surface area (Å²) in [6, 6.07) is 11.3. The Hall–Kier alpha value is -3.48.